The fourth-order valence-corrected chi connectivity index (χ4v) is 2.44. The Bertz CT molecular complexity index is 333. The molecule has 0 radical (unpaired) electrons. The molecule has 0 spiro atoms. The highest BCUT2D eigenvalue weighted by Crippen LogP contribution is 2.22. The normalized spacial score (nSPS) is 21.6. The van der Waals surface area contributed by atoms with Gasteiger partial charge < -0.3 is 15.1 Å². The van der Waals surface area contributed by atoms with Gasteiger partial charge in [0.15, 0.2) is 0 Å². The molecule has 2 N–H and O–H groups in total. The summed E-state index contributed by atoms with van der Waals surface area (Å²) in [6, 6.07) is -0.913. The quantitative estimate of drug-likeness (QED) is 0.704. The summed E-state index contributed by atoms with van der Waals surface area (Å²) in [6.07, 6.45) is 0.641. The van der Waals surface area contributed by atoms with Gasteiger partial charge in [0.05, 0.1) is 0 Å². The van der Waals surface area contributed by atoms with E-state index in [9.17, 15) is 14.4 Å². The molecule has 0 aromatic heterocycles. The van der Waals surface area contributed by atoms with Crippen LogP contribution in [0.2, 0.25) is 0 Å². The van der Waals surface area contributed by atoms with Crippen LogP contribution in [0.3, 0.4) is 0 Å². The third-order valence-electron chi connectivity index (χ3n) is 2.64. The molecule has 1 rings (SSSR count). The molecular weight excluding hydrogens is 294 g/mol. The third-order valence-corrected chi connectivity index (χ3v) is 3.25. The van der Waals surface area contributed by atoms with Crippen molar-refractivity contribution in [3.63, 3.8) is 0 Å². The second-order valence-electron chi connectivity index (χ2n) is 3.99. The van der Waals surface area contributed by atoms with Crippen LogP contribution in [0, 0.1) is 0 Å². The van der Waals surface area contributed by atoms with Gasteiger partial charge in [-0.3, -0.25) is 9.59 Å². The lowest BCUT2D eigenvalue weighted by Crippen LogP contribution is -2.42. The van der Waals surface area contributed by atoms with E-state index in [1.807, 2.05) is 0 Å². The van der Waals surface area contributed by atoms with E-state index < -0.39 is 18.0 Å². The molecule has 2 atom stereocenters. The fourth-order valence-electron chi connectivity index (χ4n) is 1.85. The number of nitrogens with zero attached hydrogens (tertiary/aromatic N) is 1. The zero-order valence-corrected chi connectivity index (χ0v) is 10.7. The number of hydrogen-bond acceptors (Lipinski definition) is 3. The van der Waals surface area contributed by atoms with Crippen molar-refractivity contribution in [3.05, 3.63) is 0 Å². The molecule has 0 aromatic rings. The minimum absolute atomic E-state index is 0.0173. The van der Waals surface area contributed by atoms with Crippen LogP contribution >= 0.6 is 15.9 Å². The first-order valence-corrected chi connectivity index (χ1v) is 6.21. The number of aliphatic carboxylic acids is 2. The Morgan fingerprint density at radius 2 is 2.12 bits per heavy atom. The van der Waals surface area contributed by atoms with Crippen molar-refractivity contribution in [1.29, 1.82) is 0 Å². The maximum Gasteiger partial charge on any atom is 0.326 e. The second-order valence-corrected chi connectivity index (χ2v) is 5.28. The number of hydrogen-bond donors (Lipinski definition) is 2. The Balaban J connectivity index is 2.57. The van der Waals surface area contributed by atoms with E-state index in [2.05, 4.69) is 15.9 Å². The molecule has 1 heterocycles. The van der Waals surface area contributed by atoms with Gasteiger partial charge in [-0.25, -0.2) is 4.79 Å². The first-order chi connectivity index (χ1) is 7.91. The van der Waals surface area contributed by atoms with Crippen LogP contribution in [-0.2, 0) is 14.4 Å². The standard InChI is InChI=1S/C10H14BrNO5/c11-6-4-8(13)12(5-6)7(10(16)17)2-1-3-9(14)15/h6-7H,1-5H2,(H,14,15)(H,16,17)/t6?,7-/m1/s1. The summed E-state index contributed by atoms with van der Waals surface area (Å²) in [6.45, 7) is 0.364. The van der Waals surface area contributed by atoms with E-state index in [0.717, 1.165) is 0 Å². The molecule has 7 heteroatoms. The molecule has 96 valence electrons. The number of alkyl halides is 1. The number of rotatable bonds is 6. The van der Waals surface area contributed by atoms with Gasteiger partial charge in [-0.1, -0.05) is 15.9 Å². The van der Waals surface area contributed by atoms with Crippen LogP contribution < -0.4 is 0 Å². The Morgan fingerprint density at radius 1 is 1.47 bits per heavy atom. The SMILES string of the molecule is O=C(O)CCC[C@H](C(=O)O)N1CC(Br)CC1=O. The van der Waals surface area contributed by atoms with E-state index in [4.69, 9.17) is 10.2 Å². The van der Waals surface area contributed by atoms with Crippen LogP contribution in [-0.4, -0.2) is 50.4 Å². The van der Waals surface area contributed by atoms with Crippen molar-refractivity contribution in [3.8, 4) is 0 Å². The summed E-state index contributed by atoms with van der Waals surface area (Å²) in [7, 11) is 0. The van der Waals surface area contributed by atoms with Crippen molar-refractivity contribution in [1.82, 2.24) is 4.90 Å². The second kappa shape index (κ2) is 6.00. The Kier molecular flexibility index (Phi) is 4.92. The largest absolute Gasteiger partial charge is 0.481 e. The van der Waals surface area contributed by atoms with Crippen LogP contribution in [0.1, 0.15) is 25.7 Å². The minimum atomic E-state index is -1.08. The smallest absolute Gasteiger partial charge is 0.326 e. The summed E-state index contributed by atoms with van der Waals surface area (Å²) in [5.74, 6) is -2.24. The van der Waals surface area contributed by atoms with Gasteiger partial charge in [0.2, 0.25) is 5.91 Å². The van der Waals surface area contributed by atoms with Gasteiger partial charge in [-0.15, -0.1) is 0 Å². The number of carboxylic acid groups (broad SMARTS) is 2. The molecule has 0 aromatic carbocycles. The van der Waals surface area contributed by atoms with Gasteiger partial charge in [-0.2, -0.15) is 0 Å². The number of amides is 1. The van der Waals surface area contributed by atoms with E-state index in [1.54, 1.807) is 0 Å². The van der Waals surface area contributed by atoms with Gasteiger partial charge in [0, 0.05) is 24.2 Å². The molecule has 0 aliphatic carbocycles. The number of likely N-dealkylation sites (tertiary alicyclic amines) is 1. The van der Waals surface area contributed by atoms with Gasteiger partial charge in [-0.05, 0) is 12.8 Å². The first-order valence-electron chi connectivity index (χ1n) is 5.30. The Hall–Kier alpha value is -1.11. The monoisotopic (exact) mass is 307 g/mol. The van der Waals surface area contributed by atoms with E-state index >= 15 is 0 Å². The molecule has 1 aliphatic rings. The molecular formula is C10H14BrNO5. The predicted octanol–water partition coefficient (Wildman–Crippen LogP) is 0.690. The fraction of sp³-hybridized carbons (Fsp3) is 0.700. The first kappa shape index (κ1) is 14.0. The minimum Gasteiger partial charge on any atom is -0.481 e. The molecule has 0 saturated carbocycles. The van der Waals surface area contributed by atoms with E-state index in [0.29, 0.717) is 13.0 Å². The zero-order chi connectivity index (χ0) is 13.0. The summed E-state index contributed by atoms with van der Waals surface area (Å²) in [5, 5.41) is 17.5. The lowest BCUT2D eigenvalue weighted by atomic mass is 10.1. The molecule has 6 nitrogen and oxygen atoms in total. The highest BCUT2D eigenvalue weighted by molar-refractivity contribution is 9.09. The Morgan fingerprint density at radius 3 is 2.53 bits per heavy atom. The number of carbonyl (C=O) groups excluding carboxylic acids is 1. The highest BCUT2D eigenvalue weighted by Gasteiger charge is 2.36. The maximum atomic E-state index is 11.5. The zero-order valence-electron chi connectivity index (χ0n) is 9.13. The van der Waals surface area contributed by atoms with Crippen LogP contribution in [0.4, 0.5) is 0 Å². The molecule has 1 unspecified atom stereocenters. The van der Waals surface area contributed by atoms with Crippen LogP contribution in [0.15, 0.2) is 0 Å². The number of halogens is 1. The average Bonchev–Trinajstić information content (AvgIpc) is 2.51. The van der Waals surface area contributed by atoms with Crippen molar-refractivity contribution < 1.29 is 24.6 Å². The lowest BCUT2D eigenvalue weighted by molar-refractivity contribution is -0.149. The maximum absolute atomic E-state index is 11.5. The molecule has 1 aliphatic heterocycles. The molecule has 1 amide bonds. The predicted molar refractivity (Wildman–Crippen MR) is 62.0 cm³/mol. The number of carbonyl (C=O) groups is 3. The lowest BCUT2D eigenvalue weighted by Gasteiger charge is -2.24. The average molecular weight is 308 g/mol. The topological polar surface area (TPSA) is 94.9 Å². The number of carboxylic acids is 2. The van der Waals surface area contributed by atoms with E-state index in [1.165, 1.54) is 4.90 Å². The third kappa shape index (κ3) is 3.99. The molecule has 1 fully saturated rings. The highest BCUT2D eigenvalue weighted by atomic mass is 79.9. The van der Waals surface area contributed by atoms with Crippen molar-refractivity contribution in [2.45, 2.75) is 36.6 Å². The van der Waals surface area contributed by atoms with Gasteiger partial charge >= 0.3 is 11.9 Å². The summed E-state index contributed by atoms with van der Waals surface area (Å²) < 4.78 is 0. The van der Waals surface area contributed by atoms with Crippen molar-refractivity contribution >= 4 is 33.8 Å². The van der Waals surface area contributed by atoms with Crippen molar-refractivity contribution in [2.75, 3.05) is 6.54 Å². The van der Waals surface area contributed by atoms with Gasteiger partial charge in [0.25, 0.3) is 0 Å². The van der Waals surface area contributed by atoms with E-state index in [-0.39, 0.29) is 30.0 Å². The van der Waals surface area contributed by atoms with Crippen LogP contribution in [0.25, 0.3) is 0 Å². The Labute approximate surface area is 107 Å². The molecule has 1 saturated heterocycles. The van der Waals surface area contributed by atoms with Gasteiger partial charge in [0.1, 0.15) is 6.04 Å². The molecule has 0 bridgehead atoms. The van der Waals surface area contributed by atoms with Crippen molar-refractivity contribution in [2.24, 2.45) is 0 Å². The molecule has 17 heavy (non-hydrogen) atoms. The summed E-state index contributed by atoms with van der Waals surface area (Å²) >= 11 is 3.28. The van der Waals surface area contributed by atoms with Crippen LogP contribution in [0.5, 0.6) is 0 Å². The summed E-state index contributed by atoms with van der Waals surface area (Å²) in [4.78, 5) is 34.2. The summed E-state index contributed by atoms with van der Waals surface area (Å²) in [5.41, 5.74) is 0.